The van der Waals surface area contributed by atoms with E-state index in [9.17, 15) is 13.2 Å². The molecule has 0 aromatic heterocycles. The average Bonchev–Trinajstić information content (AvgIpc) is 2.38. The molecule has 2 aromatic rings. The quantitative estimate of drug-likeness (QED) is 0.743. The second kappa shape index (κ2) is 6.10. The summed E-state index contributed by atoms with van der Waals surface area (Å²) >= 11 is 3.28. The topological polar surface area (TPSA) is 12.0 Å². The fraction of sp³-hybridized carbons (Fsp3) is 0.250. The van der Waals surface area contributed by atoms with Crippen molar-refractivity contribution in [2.24, 2.45) is 0 Å². The van der Waals surface area contributed by atoms with E-state index in [1.54, 1.807) is 0 Å². The van der Waals surface area contributed by atoms with Gasteiger partial charge in [-0.3, -0.25) is 0 Å². The number of nitrogens with one attached hydrogen (secondary N) is 1. The molecule has 0 amide bonds. The molecule has 0 spiro atoms. The molecule has 0 fully saturated rings. The maximum atomic E-state index is 12.7. The average molecular weight is 358 g/mol. The van der Waals surface area contributed by atoms with Crippen LogP contribution in [-0.2, 0) is 12.7 Å². The molecule has 2 aromatic carbocycles. The monoisotopic (exact) mass is 357 g/mol. The van der Waals surface area contributed by atoms with Gasteiger partial charge in [-0.2, -0.15) is 13.2 Å². The molecule has 0 radical (unpaired) electrons. The zero-order valence-electron chi connectivity index (χ0n) is 11.7. The van der Waals surface area contributed by atoms with E-state index in [-0.39, 0.29) is 0 Å². The standard InChI is InChI=1S/C16H15BrF3N/c1-10-4-3-5-11(2)13(10)9-21-15-8-12(16(18,19)20)6-7-14(15)17/h3-8,21H,9H2,1-2H3. The lowest BCUT2D eigenvalue weighted by Gasteiger charge is -2.15. The van der Waals surface area contributed by atoms with Crippen molar-refractivity contribution in [1.82, 2.24) is 0 Å². The molecular weight excluding hydrogens is 343 g/mol. The summed E-state index contributed by atoms with van der Waals surface area (Å²) in [5.74, 6) is 0. The Bertz CT molecular complexity index is 630. The predicted octanol–water partition coefficient (Wildman–Crippen LogP) is 5.70. The third kappa shape index (κ3) is 3.79. The highest BCUT2D eigenvalue weighted by Gasteiger charge is 2.30. The molecule has 0 unspecified atom stereocenters. The molecule has 112 valence electrons. The SMILES string of the molecule is Cc1cccc(C)c1CNc1cc(C(F)(F)F)ccc1Br. The molecule has 2 rings (SSSR count). The fourth-order valence-corrected chi connectivity index (χ4v) is 2.54. The van der Waals surface area contributed by atoms with Crippen LogP contribution in [0, 0.1) is 13.8 Å². The Morgan fingerprint density at radius 3 is 2.24 bits per heavy atom. The van der Waals surface area contributed by atoms with Gasteiger partial charge in [-0.25, -0.2) is 0 Å². The Morgan fingerprint density at radius 2 is 1.67 bits per heavy atom. The van der Waals surface area contributed by atoms with Crippen LogP contribution in [0.25, 0.3) is 0 Å². The van der Waals surface area contributed by atoms with Crippen molar-refractivity contribution in [3.05, 3.63) is 63.1 Å². The lowest BCUT2D eigenvalue weighted by atomic mass is 10.0. The van der Waals surface area contributed by atoms with E-state index in [1.807, 2.05) is 32.0 Å². The second-order valence-corrected chi connectivity index (χ2v) is 5.77. The minimum absolute atomic E-state index is 0.437. The first kappa shape index (κ1) is 15.9. The summed E-state index contributed by atoms with van der Waals surface area (Å²) < 4.78 is 38.9. The van der Waals surface area contributed by atoms with E-state index < -0.39 is 11.7 Å². The third-order valence-electron chi connectivity index (χ3n) is 3.39. The fourth-order valence-electron chi connectivity index (χ4n) is 2.15. The maximum absolute atomic E-state index is 12.7. The number of halogens is 4. The van der Waals surface area contributed by atoms with Gasteiger partial charge in [-0.15, -0.1) is 0 Å². The smallest absolute Gasteiger partial charge is 0.380 e. The highest BCUT2D eigenvalue weighted by atomic mass is 79.9. The lowest BCUT2D eigenvalue weighted by molar-refractivity contribution is -0.137. The van der Waals surface area contributed by atoms with Crippen LogP contribution in [0.5, 0.6) is 0 Å². The van der Waals surface area contributed by atoms with Crippen LogP contribution in [0.2, 0.25) is 0 Å². The van der Waals surface area contributed by atoms with Crippen LogP contribution in [0.3, 0.4) is 0 Å². The van der Waals surface area contributed by atoms with E-state index in [2.05, 4.69) is 21.2 Å². The molecule has 0 saturated heterocycles. The van der Waals surface area contributed by atoms with E-state index in [4.69, 9.17) is 0 Å². The molecular formula is C16H15BrF3N. The number of hydrogen-bond acceptors (Lipinski definition) is 1. The van der Waals surface area contributed by atoms with Crippen molar-refractivity contribution in [3.63, 3.8) is 0 Å². The molecule has 5 heteroatoms. The van der Waals surface area contributed by atoms with Crippen molar-refractivity contribution in [2.45, 2.75) is 26.6 Å². The Hall–Kier alpha value is -1.49. The summed E-state index contributed by atoms with van der Waals surface area (Å²) in [5.41, 5.74) is 3.11. The Balaban J connectivity index is 2.24. The number of hydrogen-bond donors (Lipinski definition) is 1. The Labute approximate surface area is 130 Å². The summed E-state index contributed by atoms with van der Waals surface area (Å²) in [6.07, 6.45) is -4.34. The third-order valence-corrected chi connectivity index (χ3v) is 4.09. The highest BCUT2D eigenvalue weighted by Crippen LogP contribution is 2.34. The first-order chi connectivity index (χ1) is 9.79. The van der Waals surface area contributed by atoms with E-state index in [1.165, 1.54) is 6.07 Å². The zero-order valence-corrected chi connectivity index (χ0v) is 13.3. The first-order valence-corrected chi connectivity index (χ1v) is 7.24. The van der Waals surface area contributed by atoms with Crippen LogP contribution < -0.4 is 5.32 Å². The van der Waals surface area contributed by atoms with Crippen LogP contribution in [0.15, 0.2) is 40.9 Å². The normalized spacial score (nSPS) is 11.5. The molecule has 0 heterocycles. The van der Waals surface area contributed by atoms with Crippen molar-refractivity contribution >= 4 is 21.6 Å². The summed E-state index contributed by atoms with van der Waals surface area (Å²) in [6, 6.07) is 9.55. The van der Waals surface area contributed by atoms with Crippen LogP contribution in [0.1, 0.15) is 22.3 Å². The van der Waals surface area contributed by atoms with Crippen molar-refractivity contribution in [2.75, 3.05) is 5.32 Å². The second-order valence-electron chi connectivity index (χ2n) is 4.92. The first-order valence-electron chi connectivity index (χ1n) is 6.45. The van der Waals surface area contributed by atoms with Gasteiger partial charge in [0.2, 0.25) is 0 Å². The van der Waals surface area contributed by atoms with E-state index in [0.29, 0.717) is 16.7 Å². The van der Waals surface area contributed by atoms with Gasteiger partial charge < -0.3 is 5.32 Å². The Morgan fingerprint density at radius 1 is 1.05 bits per heavy atom. The number of benzene rings is 2. The van der Waals surface area contributed by atoms with Gasteiger partial charge in [-0.05, 0) is 64.7 Å². The molecule has 0 aliphatic rings. The number of alkyl halides is 3. The van der Waals surface area contributed by atoms with Crippen LogP contribution in [0.4, 0.5) is 18.9 Å². The molecule has 21 heavy (non-hydrogen) atoms. The minimum Gasteiger partial charge on any atom is -0.380 e. The van der Waals surface area contributed by atoms with Gasteiger partial charge in [0.15, 0.2) is 0 Å². The van der Waals surface area contributed by atoms with Crippen molar-refractivity contribution in [3.8, 4) is 0 Å². The van der Waals surface area contributed by atoms with Crippen molar-refractivity contribution < 1.29 is 13.2 Å². The lowest BCUT2D eigenvalue weighted by Crippen LogP contribution is -2.08. The van der Waals surface area contributed by atoms with Gasteiger partial charge >= 0.3 is 6.18 Å². The van der Waals surface area contributed by atoms with E-state index in [0.717, 1.165) is 28.8 Å². The molecule has 0 bridgehead atoms. The number of anilines is 1. The number of rotatable bonds is 3. The molecule has 0 atom stereocenters. The van der Waals surface area contributed by atoms with Gasteiger partial charge in [0, 0.05) is 16.7 Å². The van der Waals surface area contributed by atoms with Crippen molar-refractivity contribution in [1.29, 1.82) is 0 Å². The molecule has 0 saturated carbocycles. The van der Waals surface area contributed by atoms with Crippen LogP contribution >= 0.6 is 15.9 Å². The molecule has 0 aliphatic carbocycles. The van der Waals surface area contributed by atoms with Gasteiger partial charge in [0.1, 0.15) is 0 Å². The molecule has 0 aliphatic heterocycles. The van der Waals surface area contributed by atoms with Gasteiger partial charge in [-0.1, -0.05) is 18.2 Å². The maximum Gasteiger partial charge on any atom is 0.416 e. The summed E-state index contributed by atoms with van der Waals surface area (Å²) in [5, 5.41) is 3.08. The Kier molecular flexibility index (Phi) is 4.61. The molecule has 1 nitrogen and oxygen atoms in total. The summed E-state index contributed by atoms with van der Waals surface area (Å²) in [7, 11) is 0. The van der Waals surface area contributed by atoms with E-state index >= 15 is 0 Å². The minimum atomic E-state index is -4.34. The van der Waals surface area contributed by atoms with Crippen LogP contribution in [-0.4, -0.2) is 0 Å². The molecule has 1 N–H and O–H groups in total. The van der Waals surface area contributed by atoms with Gasteiger partial charge in [0.05, 0.1) is 5.56 Å². The summed E-state index contributed by atoms with van der Waals surface area (Å²) in [4.78, 5) is 0. The highest BCUT2D eigenvalue weighted by molar-refractivity contribution is 9.10. The number of aryl methyl sites for hydroxylation is 2. The zero-order chi connectivity index (χ0) is 15.6. The van der Waals surface area contributed by atoms with Gasteiger partial charge in [0.25, 0.3) is 0 Å². The summed E-state index contributed by atoms with van der Waals surface area (Å²) in [6.45, 7) is 4.47. The largest absolute Gasteiger partial charge is 0.416 e. The predicted molar refractivity (Wildman–Crippen MR) is 82.4 cm³/mol.